The maximum Gasteiger partial charge on any atom is 0.340 e. The van der Waals surface area contributed by atoms with Gasteiger partial charge in [-0.2, -0.15) is 0 Å². The zero-order valence-electron chi connectivity index (χ0n) is 19.1. The number of benzene rings is 2. The molecule has 2 aromatic carbocycles. The monoisotopic (exact) mass is 443 g/mol. The number of fused-ring (bicyclic) bond motifs is 2. The molecule has 6 nitrogen and oxygen atoms in total. The number of piperidine rings is 1. The number of aromatic amines is 1. The number of aromatic nitrogens is 2. The molecule has 1 aliphatic heterocycles. The molecule has 5 rings (SSSR count). The Morgan fingerprint density at radius 3 is 2.64 bits per heavy atom. The first-order chi connectivity index (χ1) is 16.0. The number of nitrogens with zero attached hydrogens (tertiary/aromatic N) is 2. The summed E-state index contributed by atoms with van der Waals surface area (Å²) >= 11 is 0. The first kappa shape index (κ1) is 21.5. The van der Waals surface area contributed by atoms with Crippen LogP contribution in [-0.4, -0.2) is 51.6 Å². The lowest BCUT2D eigenvalue weighted by Gasteiger charge is -2.34. The fourth-order valence-electron chi connectivity index (χ4n) is 4.93. The third-order valence-electron chi connectivity index (χ3n) is 6.71. The van der Waals surface area contributed by atoms with E-state index >= 15 is 0 Å². The van der Waals surface area contributed by atoms with E-state index in [0.717, 1.165) is 24.0 Å². The molecule has 3 heterocycles. The van der Waals surface area contributed by atoms with Crippen molar-refractivity contribution in [3.05, 3.63) is 72.1 Å². The number of esters is 1. The van der Waals surface area contributed by atoms with Crippen molar-refractivity contribution in [1.29, 1.82) is 0 Å². The van der Waals surface area contributed by atoms with E-state index in [2.05, 4.69) is 16.8 Å². The van der Waals surface area contributed by atoms with E-state index in [9.17, 15) is 9.59 Å². The van der Waals surface area contributed by atoms with Crippen LogP contribution in [0.15, 0.2) is 60.9 Å². The molecule has 1 aliphatic rings. The van der Waals surface area contributed by atoms with Gasteiger partial charge in [0.2, 0.25) is 0 Å². The van der Waals surface area contributed by atoms with Gasteiger partial charge in [0.05, 0.1) is 16.6 Å². The predicted molar refractivity (Wildman–Crippen MR) is 130 cm³/mol. The smallest absolute Gasteiger partial charge is 0.340 e. The number of rotatable bonds is 5. The molecule has 1 N–H and O–H groups in total. The molecular weight excluding hydrogens is 414 g/mol. The van der Waals surface area contributed by atoms with Crippen LogP contribution in [0.3, 0.4) is 0 Å². The molecule has 1 fully saturated rings. The highest BCUT2D eigenvalue weighted by Crippen LogP contribution is 2.26. The van der Waals surface area contributed by atoms with Crippen molar-refractivity contribution in [3.8, 4) is 0 Å². The number of hydrogen-bond acceptors (Lipinski definition) is 4. The molecule has 0 radical (unpaired) electrons. The zero-order chi connectivity index (χ0) is 22.9. The Morgan fingerprint density at radius 1 is 1.06 bits per heavy atom. The Kier molecular flexibility index (Phi) is 5.77. The van der Waals surface area contributed by atoms with E-state index in [1.54, 1.807) is 17.0 Å². The Bertz CT molecular complexity index is 1320. The quantitative estimate of drug-likeness (QED) is 0.429. The number of carbonyl (C=O) groups is 2. The van der Waals surface area contributed by atoms with Crippen LogP contribution in [0.2, 0.25) is 0 Å². The van der Waals surface area contributed by atoms with Crippen molar-refractivity contribution in [1.82, 2.24) is 14.5 Å². The Morgan fingerprint density at radius 2 is 1.82 bits per heavy atom. The summed E-state index contributed by atoms with van der Waals surface area (Å²) in [6.45, 7) is 5.94. The third-order valence-corrected chi connectivity index (χ3v) is 6.71. The van der Waals surface area contributed by atoms with E-state index in [4.69, 9.17) is 4.74 Å². The van der Waals surface area contributed by atoms with Gasteiger partial charge in [-0.25, -0.2) is 4.79 Å². The summed E-state index contributed by atoms with van der Waals surface area (Å²) in [5.74, 6) is -0.577. The topological polar surface area (TPSA) is 67.3 Å². The maximum atomic E-state index is 13.5. The van der Waals surface area contributed by atoms with Crippen molar-refractivity contribution in [2.24, 2.45) is 0 Å². The van der Waals surface area contributed by atoms with Crippen LogP contribution >= 0.6 is 0 Å². The number of H-pyrrole nitrogens is 1. The van der Waals surface area contributed by atoms with Crippen LogP contribution in [0.25, 0.3) is 21.8 Å². The minimum atomic E-state index is -0.395. The van der Waals surface area contributed by atoms with Crippen molar-refractivity contribution in [2.45, 2.75) is 45.3 Å². The van der Waals surface area contributed by atoms with Gasteiger partial charge in [0.15, 0.2) is 0 Å². The summed E-state index contributed by atoms with van der Waals surface area (Å²) in [7, 11) is 0. The number of para-hydroxylation sites is 2. The molecule has 33 heavy (non-hydrogen) atoms. The van der Waals surface area contributed by atoms with Crippen LogP contribution in [0.5, 0.6) is 0 Å². The maximum absolute atomic E-state index is 13.5. The predicted octanol–water partition coefficient (Wildman–Crippen LogP) is 5.23. The summed E-state index contributed by atoms with van der Waals surface area (Å²) in [6.07, 6.45) is 6.74. The molecule has 2 aromatic heterocycles. The largest absolute Gasteiger partial charge is 0.458 e. The number of hydrogen-bond donors (Lipinski definition) is 1. The molecule has 4 aromatic rings. The van der Waals surface area contributed by atoms with Gasteiger partial charge >= 0.3 is 5.97 Å². The molecule has 0 aliphatic carbocycles. The second-order valence-corrected chi connectivity index (χ2v) is 9.04. The standard InChI is InChI=1S/C27H29N3O3/c1-18-9-7-8-14-29(18)16-19(2)33-27(32)23-17-30(25-13-6-4-11-21(23)25)26(31)22-15-28-24-12-5-3-10-20(22)24/h3-6,10-13,15,17-19,28H,7-9,14,16H2,1-2H3. The molecule has 6 heteroatoms. The van der Waals surface area contributed by atoms with Gasteiger partial charge in [0.25, 0.3) is 5.91 Å². The van der Waals surface area contributed by atoms with Gasteiger partial charge in [0.1, 0.15) is 6.10 Å². The summed E-state index contributed by atoms with van der Waals surface area (Å²) in [5.41, 5.74) is 2.57. The molecule has 1 saturated heterocycles. The first-order valence-electron chi connectivity index (χ1n) is 11.7. The lowest BCUT2D eigenvalue weighted by molar-refractivity contribution is 0.0181. The number of nitrogens with one attached hydrogen (secondary N) is 1. The van der Waals surface area contributed by atoms with Gasteiger partial charge in [-0.3, -0.25) is 14.3 Å². The van der Waals surface area contributed by atoms with Crippen molar-refractivity contribution < 1.29 is 14.3 Å². The molecule has 0 bridgehead atoms. The highest BCUT2D eigenvalue weighted by Gasteiger charge is 2.25. The number of ether oxygens (including phenoxy) is 1. The average molecular weight is 444 g/mol. The van der Waals surface area contributed by atoms with Crippen LogP contribution < -0.4 is 0 Å². The minimum absolute atomic E-state index is 0.183. The number of likely N-dealkylation sites (tertiary alicyclic amines) is 1. The van der Waals surface area contributed by atoms with Gasteiger partial charge in [0, 0.05) is 41.3 Å². The van der Waals surface area contributed by atoms with Crippen molar-refractivity contribution in [2.75, 3.05) is 13.1 Å². The van der Waals surface area contributed by atoms with Crippen LogP contribution in [0, 0.1) is 0 Å². The molecule has 0 saturated carbocycles. The van der Waals surface area contributed by atoms with E-state index in [1.807, 2.05) is 55.5 Å². The SMILES string of the molecule is CC(CN1CCCCC1C)OC(=O)c1cn(C(=O)c2c[nH]c3ccccc23)c2ccccc12. The third kappa shape index (κ3) is 4.07. The second kappa shape index (κ2) is 8.87. The minimum Gasteiger partial charge on any atom is -0.458 e. The fourth-order valence-corrected chi connectivity index (χ4v) is 4.93. The lowest BCUT2D eigenvalue weighted by atomic mass is 10.0. The van der Waals surface area contributed by atoms with E-state index in [0.29, 0.717) is 28.1 Å². The molecule has 170 valence electrons. The lowest BCUT2D eigenvalue weighted by Crippen LogP contribution is -2.42. The van der Waals surface area contributed by atoms with Gasteiger partial charge in [-0.1, -0.05) is 42.8 Å². The summed E-state index contributed by atoms with van der Waals surface area (Å²) in [6, 6.07) is 15.7. The van der Waals surface area contributed by atoms with Crippen molar-refractivity contribution >= 4 is 33.7 Å². The van der Waals surface area contributed by atoms with Gasteiger partial charge < -0.3 is 9.72 Å². The van der Waals surface area contributed by atoms with E-state index in [1.165, 1.54) is 19.3 Å². The molecule has 0 amide bonds. The molecule has 2 unspecified atom stereocenters. The second-order valence-electron chi connectivity index (χ2n) is 9.04. The van der Waals surface area contributed by atoms with Gasteiger partial charge in [-0.15, -0.1) is 0 Å². The molecule has 2 atom stereocenters. The van der Waals surface area contributed by atoms with Crippen LogP contribution in [0.4, 0.5) is 0 Å². The summed E-state index contributed by atoms with van der Waals surface area (Å²) < 4.78 is 7.39. The Balaban J connectivity index is 1.42. The number of carbonyl (C=O) groups excluding carboxylic acids is 2. The molecular formula is C27H29N3O3. The highest BCUT2D eigenvalue weighted by molar-refractivity contribution is 6.13. The first-order valence-corrected chi connectivity index (χ1v) is 11.7. The summed E-state index contributed by atoms with van der Waals surface area (Å²) in [5, 5.41) is 1.57. The average Bonchev–Trinajstić information content (AvgIpc) is 3.42. The zero-order valence-corrected chi connectivity index (χ0v) is 19.1. The Labute approximate surface area is 193 Å². The molecule has 0 spiro atoms. The van der Waals surface area contributed by atoms with Crippen LogP contribution in [0.1, 0.15) is 53.8 Å². The Hall–Kier alpha value is -3.38. The van der Waals surface area contributed by atoms with Crippen LogP contribution in [-0.2, 0) is 4.74 Å². The normalized spacial score (nSPS) is 17.9. The van der Waals surface area contributed by atoms with E-state index in [-0.39, 0.29) is 12.0 Å². The van der Waals surface area contributed by atoms with Gasteiger partial charge in [-0.05, 0) is 45.4 Å². The summed E-state index contributed by atoms with van der Waals surface area (Å²) in [4.78, 5) is 32.2. The van der Waals surface area contributed by atoms with Crippen molar-refractivity contribution in [3.63, 3.8) is 0 Å². The van der Waals surface area contributed by atoms with E-state index < -0.39 is 5.97 Å². The fraction of sp³-hybridized carbons (Fsp3) is 0.333. The highest BCUT2D eigenvalue weighted by atomic mass is 16.5.